The molecule has 0 saturated carbocycles. The predicted molar refractivity (Wildman–Crippen MR) is 120 cm³/mol. The number of rotatable bonds is 10. The van der Waals surface area contributed by atoms with Crippen molar-refractivity contribution in [1.82, 2.24) is 16.0 Å². The smallest absolute Gasteiger partial charge is 0.270 e. The van der Waals surface area contributed by atoms with Crippen molar-refractivity contribution >= 4 is 35.0 Å². The SMILES string of the molecule is CC(C)C(NC(=O)c1ccc([N+](=O)[O-])cc1Cl)C(=O)NCCC(=O)NCc1ccccc1. The molecule has 0 aliphatic rings. The molecule has 0 spiro atoms. The van der Waals surface area contributed by atoms with Crippen LogP contribution in [0.3, 0.4) is 0 Å². The topological polar surface area (TPSA) is 130 Å². The molecular formula is C22H25ClN4O5. The summed E-state index contributed by atoms with van der Waals surface area (Å²) < 4.78 is 0. The largest absolute Gasteiger partial charge is 0.354 e. The standard InChI is InChI=1S/C22H25ClN4O5/c1-14(2)20(26-21(29)17-9-8-16(27(31)32)12-18(17)23)22(30)24-11-10-19(28)25-13-15-6-4-3-5-7-15/h3-9,12,14,20H,10-11,13H2,1-2H3,(H,24,30)(H,25,28)(H,26,29). The number of nitrogens with one attached hydrogen (secondary N) is 3. The molecule has 1 unspecified atom stereocenters. The fourth-order valence-corrected chi connectivity index (χ4v) is 3.11. The number of halogens is 1. The minimum atomic E-state index is -0.874. The minimum absolute atomic E-state index is 0.0241. The highest BCUT2D eigenvalue weighted by molar-refractivity contribution is 6.34. The average molecular weight is 461 g/mol. The summed E-state index contributed by atoms with van der Waals surface area (Å²) in [5.74, 6) is -1.53. The summed E-state index contributed by atoms with van der Waals surface area (Å²) in [5.41, 5.74) is 0.753. The van der Waals surface area contributed by atoms with Gasteiger partial charge < -0.3 is 16.0 Å². The zero-order valence-corrected chi connectivity index (χ0v) is 18.5. The van der Waals surface area contributed by atoms with Gasteiger partial charge in [-0.3, -0.25) is 24.5 Å². The van der Waals surface area contributed by atoms with Gasteiger partial charge in [0.2, 0.25) is 11.8 Å². The maximum Gasteiger partial charge on any atom is 0.270 e. The quantitative estimate of drug-likeness (QED) is 0.370. The Bertz CT molecular complexity index is 982. The van der Waals surface area contributed by atoms with Crippen molar-refractivity contribution in [3.05, 3.63) is 74.8 Å². The molecular weight excluding hydrogens is 436 g/mol. The maximum absolute atomic E-state index is 12.6. The second-order valence-electron chi connectivity index (χ2n) is 7.42. The van der Waals surface area contributed by atoms with Crippen molar-refractivity contribution in [2.75, 3.05) is 6.54 Å². The molecule has 9 nitrogen and oxygen atoms in total. The molecule has 3 N–H and O–H groups in total. The molecule has 3 amide bonds. The van der Waals surface area contributed by atoms with E-state index in [4.69, 9.17) is 11.6 Å². The van der Waals surface area contributed by atoms with E-state index in [9.17, 15) is 24.5 Å². The summed E-state index contributed by atoms with van der Waals surface area (Å²) in [6, 6.07) is 12.1. The number of nitro groups is 1. The molecule has 0 radical (unpaired) electrons. The monoisotopic (exact) mass is 460 g/mol. The Morgan fingerprint density at radius 2 is 1.75 bits per heavy atom. The van der Waals surface area contributed by atoms with Crippen LogP contribution < -0.4 is 16.0 Å². The molecule has 170 valence electrons. The predicted octanol–water partition coefficient (Wildman–Crippen LogP) is 2.83. The summed E-state index contributed by atoms with van der Waals surface area (Å²) in [6.07, 6.45) is 0.0888. The molecule has 10 heteroatoms. The van der Waals surface area contributed by atoms with Crippen molar-refractivity contribution in [3.8, 4) is 0 Å². The number of carbonyl (C=O) groups excluding carboxylic acids is 3. The Balaban J connectivity index is 1.87. The van der Waals surface area contributed by atoms with E-state index in [0.717, 1.165) is 11.6 Å². The Morgan fingerprint density at radius 1 is 1.06 bits per heavy atom. The Labute approximate surface area is 190 Å². The van der Waals surface area contributed by atoms with Crippen LogP contribution in [0.4, 0.5) is 5.69 Å². The fraction of sp³-hybridized carbons (Fsp3) is 0.318. The summed E-state index contributed by atoms with van der Waals surface area (Å²) in [6.45, 7) is 4.02. The van der Waals surface area contributed by atoms with Crippen molar-refractivity contribution in [2.24, 2.45) is 5.92 Å². The van der Waals surface area contributed by atoms with E-state index in [-0.39, 0.29) is 41.1 Å². The molecule has 2 rings (SSSR count). The van der Waals surface area contributed by atoms with Crippen LogP contribution in [0.5, 0.6) is 0 Å². The van der Waals surface area contributed by atoms with Gasteiger partial charge in [-0.1, -0.05) is 55.8 Å². The van der Waals surface area contributed by atoms with Gasteiger partial charge in [-0.2, -0.15) is 0 Å². The molecule has 2 aromatic carbocycles. The third-order valence-electron chi connectivity index (χ3n) is 4.63. The number of hydrogen-bond acceptors (Lipinski definition) is 5. The molecule has 0 bridgehead atoms. The highest BCUT2D eigenvalue weighted by atomic mass is 35.5. The summed E-state index contributed by atoms with van der Waals surface area (Å²) >= 11 is 5.99. The van der Waals surface area contributed by atoms with Crippen molar-refractivity contribution in [1.29, 1.82) is 0 Å². The van der Waals surface area contributed by atoms with Crippen molar-refractivity contribution in [2.45, 2.75) is 32.9 Å². The van der Waals surface area contributed by atoms with E-state index in [1.54, 1.807) is 13.8 Å². The first kappa shape index (κ1) is 24.8. The van der Waals surface area contributed by atoms with Crippen molar-refractivity contribution in [3.63, 3.8) is 0 Å². The number of amides is 3. The molecule has 0 aliphatic carbocycles. The number of hydrogen-bond donors (Lipinski definition) is 3. The normalized spacial score (nSPS) is 11.5. The van der Waals surface area contributed by atoms with Gasteiger partial charge in [0.1, 0.15) is 6.04 Å². The van der Waals surface area contributed by atoms with Crippen LogP contribution in [-0.4, -0.2) is 35.2 Å². The first-order valence-corrected chi connectivity index (χ1v) is 10.4. The fourth-order valence-electron chi connectivity index (χ4n) is 2.85. The number of non-ortho nitro benzene ring substituents is 1. The number of nitrogens with zero attached hydrogens (tertiary/aromatic N) is 1. The molecule has 0 aromatic heterocycles. The first-order chi connectivity index (χ1) is 15.2. The van der Waals surface area contributed by atoms with Gasteiger partial charge in [0.05, 0.1) is 15.5 Å². The zero-order valence-electron chi connectivity index (χ0n) is 17.8. The van der Waals surface area contributed by atoms with E-state index in [1.165, 1.54) is 12.1 Å². The summed E-state index contributed by atoms with van der Waals surface area (Å²) in [5, 5.41) is 18.8. The van der Waals surface area contributed by atoms with Crippen LogP contribution in [0, 0.1) is 16.0 Å². The van der Waals surface area contributed by atoms with E-state index in [2.05, 4.69) is 16.0 Å². The molecule has 0 fully saturated rings. The maximum atomic E-state index is 12.6. The minimum Gasteiger partial charge on any atom is -0.354 e. The van der Waals surface area contributed by atoms with Crippen LogP contribution in [-0.2, 0) is 16.1 Å². The Kier molecular flexibility index (Phi) is 9.15. The van der Waals surface area contributed by atoms with Crippen LogP contribution >= 0.6 is 11.6 Å². The lowest BCUT2D eigenvalue weighted by Crippen LogP contribution is -2.50. The summed E-state index contributed by atoms with van der Waals surface area (Å²) in [7, 11) is 0. The molecule has 0 saturated heterocycles. The van der Waals surface area contributed by atoms with E-state index < -0.39 is 22.8 Å². The van der Waals surface area contributed by atoms with Gasteiger partial charge in [0.25, 0.3) is 11.6 Å². The lowest BCUT2D eigenvalue weighted by molar-refractivity contribution is -0.384. The Hall–Kier alpha value is -3.46. The Morgan fingerprint density at radius 3 is 2.34 bits per heavy atom. The zero-order chi connectivity index (χ0) is 23.7. The van der Waals surface area contributed by atoms with Gasteiger partial charge in [-0.15, -0.1) is 0 Å². The van der Waals surface area contributed by atoms with Crippen LogP contribution in [0.1, 0.15) is 36.2 Å². The lowest BCUT2D eigenvalue weighted by Gasteiger charge is -2.22. The van der Waals surface area contributed by atoms with Crippen molar-refractivity contribution < 1.29 is 19.3 Å². The van der Waals surface area contributed by atoms with Gasteiger partial charge in [0, 0.05) is 31.6 Å². The van der Waals surface area contributed by atoms with Crippen LogP contribution in [0.2, 0.25) is 5.02 Å². The molecule has 32 heavy (non-hydrogen) atoms. The lowest BCUT2D eigenvalue weighted by atomic mass is 10.0. The highest BCUT2D eigenvalue weighted by Crippen LogP contribution is 2.22. The average Bonchev–Trinajstić information content (AvgIpc) is 2.76. The van der Waals surface area contributed by atoms with Gasteiger partial charge in [0.15, 0.2) is 0 Å². The number of carbonyl (C=O) groups is 3. The van der Waals surface area contributed by atoms with Crippen LogP contribution in [0.15, 0.2) is 48.5 Å². The van der Waals surface area contributed by atoms with Gasteiger partial charge in [-0.05, 0) is 17.5 Å². The summed E-state index contributed by atoms with van der Waals surface area (Å²) in [4.78, 5) is 47.3. The molecule has 2 aromatic rings. The van der Waals surface area contributed by atoms with E-state index in [1.807, 2.05) is 30.3 Å². The second-order valence-corrected chi connectivity index (χ2v) is 7.83. The second kappa shape index (κ2) is 11.8. The van der Waals surface area contributed by atoms with E-state index in [0.29, 0.717) is 6.54 Å². The van der Waals surface area contributed by atoms with Crippen LogP contribution in [0.25, 0.3) is 0 Å². The van der Waals surface area contributed by atoms with Gasteiger partial charge >= 0.3 is 0 Å². The third-order valence-corrected chi connectivity index (χ3v) is 4.94. The first-order valence-electron chi connectivity index (χ1n) is 10.0. The number of nitro benzene ring substituents is 1. The third kappa shape index (κ3) is 7.35. The highest BCUT2D eigenvalue weighted by Gasteiger charge is 2.26. The van der Waals surface area contributed by atoms with Gasteiger partial charge in [-0.25, -0.2) is 0 Å². The van der Waals surface area contributed by atoms with E-state index >= 15 is 0 Å². The molecule has 1 atom stereocenters. The molecule has 0 heterocycles. The molecule has 0 aliphatic heterocycles. The number of benzene rings is 2.